The summed E-state index contributed by atoms with van der Waals surface area (Å²) in [7, 11) is 11.5. The minimum atomic E-state index is -0.158. The smallest absolute Gasteiger partial charge is 0.106 e. The van der Waals surface area contributed by atoms with Crippen LogP contribution in [-0.4, -0.2) is 48.8 Å². The van der Waals surface area contributed by atoms with Crippen LogP contribution >= 0.6 is 0 Å². The summed E-state index contributed by atoms with van der Waals surface area (Å²) in [6.07, 6.45) is 0. The number of imidazole rings is 1. The quantitative estimate of drug-likeness (QED) is 0.124. The molecular formula is C51H39B5N2. The molecule has 0 unspecified atom stereocenters. The van der Waals surface area contributed by atoms with Crippen LogP contribution in [0.3, 0.4) is 0 Å². The first-order valence-corrected chi connectivity index (χ1v) is 20.5. The van der Waals surface area contributed by atoms with E-state index < -0.39 is 0 Å². The summed E-state index contributed by atoms with van der Waals surface area (Å²) in [6.45, 7) is 0. The van der Waals surface area contributed by atoms with Crippen LogP contribution in [-0.2, 0) is 5.21 Å². The van der Waals surface area contributed by atoms with Gasteiger partial charge in [-0.25, -0.2) is 4.98 Å². The highest BCUT2D eigenvalue weighted by Crippen LogP contribution is 2.52. The fraction of sp³-hybridized carbons (Fsp3) is 0.0392. The van der Waals surface area contributed by atoms with Crippen molar-refractivity contribution in [1.29, 1.82) is 0 Å². The molecule has 0 amide bonds. The maximum Gasteiger partial charge on any atom is 0.106 e. The molecule has 0 bridgehead atoms. The Balaban J connectivity index is 1.02. The van der Waals surface area contributed by atoms with Gasteiger partial charge in [-0.15, -0.1) is 5.11 Å². The van der Waals surface area contributed by atoms with E-state index in [0.29, 0.717) is 0 Å². The lowest BCUT2D eigenvalue weighted by Crippen LogP contribution is -2.45. The van der Waals surface area contributed by atoms with Crippen molar-refractivity contribution in [2.45, 2.75) is 10.3 Å². The van der Waals surface area contributed by atoms with Gasteiger partial charge >= 0.3 is 0 Å². The number of benzene rings is 9. The van der Waals surface area contributed by atoms with E-state index in [1.807, 2.05) is 0 Å². The zero-order valence-corrected chi connectivity index (χ0v) is 33.6. The summed E-state index contributed by atoms with van der Waals surface area (Å²) in [5.74, 6) is 1.09. The van der Waals surface area contributed by atoms with E-state index in [4.69, 9.17) is 4.98 Å². The van der Waals surface area contributed by atoms with Crippen LogP contribution in [0.2, 0.25) is 5.11 Å². The molecule has 1 aliphatic carbocycles. The molecule has 58 heavy (non-hydrogen) atoms. The van der Waals surface area contributed by atoms with Gasteiger partial charge in [0.05, 0.1) is 34.6 Å². The second-order valence-electron chi connectivity index (χ2n) is 17.5. The van der Waals surface area contributed by atoms with Gasteiger partial charge in [0, 0.05) is 5.69 Å². The van der Waals surface area contributed by atoms with Crippen LogP contribution < -0.4 is 0 Å². The van der Waals surface area contributed by atoms with Gasteiger partial charge in [0.2, 0.25) is 0 Å². The van der Waals surface area contributed by atoms with E-state index in [1.54, 1.807) is 0 Å². The van der Waals surface area contributed by atoms with Crippen LogP contribution in [0.25, 0.3) is 105 Å². The number of aromatic nitrogens is 2. The highest BCUT2D eigenvalue weighted by atomic mass is 15.1. The molecule has 7 heteroatoms. The highest BCUT2D eigenvalue weighted by molar-refractivity contribution is 6.67. The second kappa shape index (κ2) is 12.8. The van der Waals surface area contributed by atoms with Gasteiger partial charge in [0.1, 0.15) is 21.5 Å². The lowest BCUT2D eigenvalue weighted by atomic mass is 9.23. The van der Waals surface area contributed by atoms with Crippen LogP contribution in [0, 0.1) is 0 Å². The molecule has 1 aromatic heterocycles. The standard InChI is InChI=1S/C51H39B5N2/c52-50(53,51(54,55)56)49-57-44-18-7-8-19-45(44)58(49)33-26-24-31(25-27-33)30-20-22-32(23-21-30)46-37-12-3-5-14-39(37)48(40-15-6-4-13-38(40)46)43-29-28-42-35-11-2-1-10-34(35)36-16-9-17-41(43)47(36)42/h1-29H,52-56H2. The lowest BCUT2D eigenvalue weighted by Gasteiger charge is -2.39. The molecule has 0 aliphatic heterocycles. The van der Waals surface area contributed by atoms with Gasteiger partial charge in [-0.2, -0.15) is 0 Å². The van der Waals surface area contributed by atoms with Gasteiger partial charge in [-0.05, 0) is 117 Å². The third kappa shape index (κ3) is 5.09. The fourth-order valence-corrected chi connectivity index (χ4v) is 9.43. The third-order valence-electron chi connectivity index (χ3n) is 13.4. The number of rotatable bonds is 6. The van der Waals surface area contributed by atoms with Crippen molar-refractivity contribution in [2.75, 3.05) is 0 Å². The van der Waals surface area contributed by atoms with Crippen molar-refractivity contribution in [3.8, 4) is 61.3 Å². The summed E-state index contributed by atoms with van der Waals surface area (Å²) in [5, 5.41) is 7.60. The number of fused-ring (bicyclic) bond motifs is 6. The Morgan fingerprint density at radius 1 is 0.379 bits per heavy atom. The minimum absolute atomic E-state index is 0.0223. The third-order valence-corrected chi connectivity index (χ3v) is 13.4. The molecule has 0 spiro atoms. The van der Waals surface area contributed by atoms with E-state index >= 15 is 0 Å². The van der Waals surface area contributed by atoms with Crippen LogP contribution in [0.15, 0.2) is 176 Å². The normalized spacial score (nSPS) is 12.5. The van der Waals surface area contributed by atoms with Gasteiger partial charge < -0.3 is 0 Å². The van der Waals surface area contributed by atoms with Crippen LogP contribution in [0.5, 0.6) is 0 Å². The van der Waals surface area contributed by atoms with Gasteiger partial charge in [0.25, 0.3) is 0 Å². The molecule has 0 atom stereocenters. The number of para-hydroxylation sites is 2. The average Bonchev–Trinajstić information content (AvgIpc) is 3.81. The van der Waals surface area contributed by atoms with Crippen molar-refractivity contribution in [3.63, 3.8) is 0 Å². The molecule has 2 nitrogen and oxygen atoms in total. The zero-order chi connectivity index (χ0) is 39.3. The summed E-state index contributed by atoms with van der Waals surface area (Å²) in [5.41, 5.74) is 16.1. The summed E-state index contributed by atoms with van der Waals surface area (Å²) in [4.78, 5) is 5.21. The SMILES string of the molecule is BC(B)(B)C(B)(B)c1nc2ccccc2n1-c1ccc(-c2ccc(-c3c4ccccc4c(-c4ccc5c6c(cccc46)-c4ccccc4-5)c4ccccc34)cc2)cc1. The van der Waals surface area contributed by atoms with E-state index in [-0.39, 0.29) is 10.3 Å². The maximum atomic E-state index is 5.21. The Bertz CT molecular complexity index is 3200. The summed E-state index contributed by atoms with van der Waals surface area (Å²) >= 11 is 0. The largest absolute Gasteiger partial charge is 0.297 e. The number of hydrogen-bond donors (Lipinski definition) is 0. The Morgan fingerprint density at radius 2 is 0.845 bits per heavy atom. The van der Waals surface area contributed by atoms with Gasteiger partial charge in [-0.3, -0.25) is 4.57 Å². The maximum absolute atomic E-state index is 5.21. The first-order chi connectivity index (χ1) is 28.2. The topological polar surface area (TPSA) is 17.8 Å². The molecule has 0 fully saturated rings. The van der Waals surface area contributed by atoms with Crippen molar-refractivity contribution >= 4 is 82.6 Å². The molecule has 268 valence electrons. The first-order valence-electron chi connectivity index (χ1n) is 20.5. The predicted molar refractivity (Wildman–Crippen MR) is 261 cm³/mol. The molecule has 1 heterocycles. The van der Waals surface area contributed by atoms with Crippen molar-refractivity contribution in [1.82, 2.24) is 9.55 Å². The molecule has 0 radical (unpaired) electrons. The van der Waals surface area contributed by atoms with Gasteiger partial charge in [0.15, 0.2) is 0 Å². The van der Waals surface area contributed by atoms with Crippen molar-refractivity contribution < 1.29 is 0 Å². The van der Waals surface area contributed by atoms with Crippen molar-refractivity contribution in [2.24, 2.45) is 0 Å². The Labute approximate surface area is 344 Å². The van der Waals surface area contributed by atoms with Crippen LogP contribution in [0.1, 0.15) is 5.82 Å². The van der Waals surface area contributed by atoms with Crippen molar-refractivity contribution in [3.05, 3.63) is 182 Å². The number of nitrogens with zero attached hydrogens (tertiary/aromatic N) is 2. The molecular weight excluding hydrogens is 695 g/mol. The molecule has 0 N–H and O–H groups in total. The number of hydrogen-bond acceptors (Lipinski definition) is 1. The minimum Gasteiger partial charge on any atom is -0.297 e. The van der Waals surface area contributed by atoms with E-state index in [9.17, 15) is 0 Å². The van der Waals surface area contributed by atoms with Gasteiger partial charge in [-0.1, -0.05) is 152 Å². The molecule has 11 rings (SSSR count). The second-order valence-corrected chi connectivity index (χ2v) is 17.5. The van der Waals surface area contributed by atoms with E-state index in [0.717, 1.165) is 22.5 Å². The fourth-order valence-electron chi connectivity index (χ4n) is 9.43. The molecule has 1 aliphatic rings. The Morgan fingerprint density at radius 3 is 1.47 bits per heavy atom. The highest BCUT2D eigenvalue weighted by Gasteiger charge is 2.38. The molecule has 0 saturated carbocycles. The first kappa shape index (κ1) is 34.8. The molecule has 10 aromatic rings. The summed E-state index contributed by atoms with van der Waals surface area (Å²) < 4.78 is 2.36. The van der Waals surface area contributed by atoms with E-state index in [1.165, 1.54) is 88.0 Å². The summed E-state index contributed by atoms with van der Waals surface area (Å²) in [6, 6.07) is 65.0. The van der Waals surface area contributed by atoms with Crippen LogP contribution in [0.4, 0.5) is 0 Å². The Hall–Kier alpha value is -6.45. The predicted octanol–water partition coefficient (Wildman–Crippen LogP) is 8.53. The van der Waals surface area contributed by atoms with E-state index in [2.05, 4.69) is 220 Å². The molecule has 9 aromatic carbocycles. The molecule has 0 saturated heterocycles. The zero-order valence-electron chi connectivity index (χ0n) is 33.6. The lowest BCUT2D eigenvalue weighted by molar-refractivity contribution is 0.757. The average molecular weight is 734 g/mol. The monoisotopic (exact) mass is 734 g/mol. The Kier molecular flexibility index (Phi) is 7.66.